The summed E-state index contributed by atoms with van der Waals surface area (Å²) < 4.78 is 7.50. The molecule has 0 aliphatic heterocycles. The lowest BCUT2D eigenvalue weighted by Gasteiger charge is -2.18. The highest BCUT2D eigenvalue weighted by Crippen LogP contribution is 2.26. The van der Waals surface area contributed by atoms with E-state index < -0.39 is 0 Å². The molecule has 0 saturated heterocycles. The van der Waals surface area contributed by atoms with Crippen LogP contribution in [0.3, 0.4) is 0 Å². The monoisotopic (exact) mass is 403 g/mol. The largest absolute Gasteiger partial charge is 0.463 e. The molecule has 0 amide bonds. The third-order valence-corrected chi connectivity index (χ3v) is 4.73. The molecule has 0 bridgehead atoms. The van der Waals surface area contributed by atoms with Crippen molar-refractivity contribution in [3.05, 3.63) is 72.4 Å². The zero-order valence-electron chi connectivity index (χ0n) is 16.9. The lowest BCUT2D eigenvalue weighted by Crippen LogP contribution is -2.27. The lowest BCUT2D eigenvalue weighted by atomic mass is 10.1. The molecule has 1 unspecified atom stereocenters. The van der Waals surface area contributed by atoms with Gasteiger partial charge in [-0.25, -0.2) is 4.68 Å². The average Bonchev–Trinajstić information content (AvgIpc) is 3.23. The summed E-state index contributed by atoms with van der Waals surface area (Å²) in [5.41, 5.74) is 2.69. The van der Waals surface area contributed by atoms with E-state index in [1.54, 1.807) is 10.9 Å². The van der Waals surface area contributed by atoms with E-state index in [1.807, 2.05) is 67.6 Å². The van der Waals surface area contributed by atoms with E-state index in [4.69, 9.17) is 4.74 Å². The Balaban J connectivity index is 1.71. The topological polar surface area (TPSA) is 85.1 Å². The van der Waals surface area contributed by atoms with Gasteiger partial charge in [0.25, 0.3) is 0 Å². The van der Waals surface area contributed by atoms with Crippen molar-refractivity contribution in [2.75, 3.05) is 18.5 Å². The summed E-state index contributed by atoms with van der Waals surface area (Å²) in [5.74, 6) is 0.600. The Hall–Kier alpha value is -3.45. The van der Waals surface area contributed by atoms with Crippen molar-refractivity contribution < 1.29 is 9.84 Å². The summed E-state index contributed by atoms with van der Waals surface area (Å²) in [6.45, 7) is 2.53. The predicted molar refractivity (Wildman–Crippen MR) is 117 cm³/mol. The molecule has 0 fully saturated rings. The van der Waals surface area contributed by atoms with Gasteiger partial charge in [0, 0.05) is 0 Å². The molecule has 4 aromatic rings. The molecule has 7 nitrogen and oxygen atoms in total. The fourth-order valence-corrected chi connectivity index (χ4v) is 3.27. The molecule has 0 aliphatic carbocycles. The number of rotatable bonds is 9. The van der Waals surface area contributed by atoms with Crippen molar-refractivity contribution in [3.63, 3.8) is 0 Å². The minimum atomic E-state index is -0.204. The Morgan fingerprint density at radius 1 is 1.03 bits per heavy atom. The number of fused-ring (bicyclic) bond motifs is 1. The first-order valence-corrected chi connectivity index (χ1v) is 10.1. The molecule has 0 spiro atoms. The number of para-hydroxylation sites is 1. The lowest BCUT2D eigenvalue weighted by molar-refractivity contribution is 0.273. The molecule has 2 aromatic carbocycles. The quantitative estimate of drug-likeness (QED) is 0.444. The van der Waals surface area contributed by atoms with Gasteiger partial charge in [0.2, 0.25) is 0 Å². The van der Waals surface area contributed by atoms with Crippen LogP contribution in [0.25, 0.3) is 16.7 Å². The molecular weight excluding hydrogens is 378 g/mol. The van der Waals surface area contributed by atoms with Crippen molar-refractivity contribution in [1.82, 2.24) is 19.7 Å². The predicted octanol–water partition coefficient (Wildman–Crippen LogP) is 3.62. The van der Waals surface area contributed by atoms with Crippen LogP contribution in [-0.4, -0.2) is 44.1 Å². The van der Waals surface area contributed by atoms with Gasteiger partial charge >= 0.3 is 6.01 Å². The fourth-order valence-electron chi connectivity index (χ4n) is 3.27. The fraction of sp³-hybridized carbons (Fsp3) is 0.261. The zero-order valence-corrected chi connectivity index (χ0v) is 16.9. The first kappa shape index (κ1) is 19.8. The second kappa shape index (κ2) is 9.37. The summed E-state index contributed by atoms with van der Waals surface area (Å²) >= 11 is 0. The van der Waals surface area contributed by atoms with Crippen LogP contribution < -0.4 is 10.1 Å². The smallest absolute Gasteiger partial charge is 0.320 e. The molecule has 0 radical (unpaired) electrons. The summed E-state index contributed by atoms with van der Waals surface area (Å²) in [6.07, 6.45) is 3.27. The number of hydrogen-bond donors (Lipinski definition) is 2. The summed E-state index contributed by atoms with van der Waals surface area (Å²) in [6, 6.07) is 20.0. The van der Waals surface area contributed by atoms with Crippen LogP contribution in [0.5, 0.6) is 6.01 Å². The molecule has 4 rings (SSSR count). The van der Waals surface area contributed by atoms with Crippen LogP contribution in [0, 0.1) is 0 Å². The van der Waals surface area contributed by atoms with E-state index in [1.165, 1.54) is 0 Å². The number of ether oxygens (including phenoxy) is 1. The van der Waals surface area contributed by atoms with Crippen LogP contribution in [0.15, 0.2) is 66.9 Å². The highest BCUT2D eigenvalue weighted by Gasteiger charge is 2.18. The Morgan fingerprint density at radius 3 is 2.47 bits per heavy atom. The molecule has 7 heteroatoms. The number of aromatic nitrogens is 4. The normalized spacial score (nSPS) is 12.1. The Labute approximate surface area is 175 Å². The van der Waals surface area contributed by atoms with E-state index >= 15 is 0 Å². The van der Waals surface area contributed by atoms with Crippen molar-refractivity contribution in [3.8, 4) is 11.7 Å². The number of hydrogen-bond acceptors (Lipinski definition) is 6. The van der Waals surface area contributed by atoms with Gasteiger partial charge < -0.3 is 15.2 Å². The molecule has 0 aliphatic rings. The van der Waals surface area contributed by atoms with Crippen molar-refractivity contribution in [2.24, 2.45) is 0 Å². The summed E-state index contributed by atoms with van der Waals surface area (Å²) in [5, 5.41) is 18.6. The molecule has 2 N–H and O–H groups in total. The molecule has 2 heterocycles. The minimum Gasteiger partial charge on any atom is -0.463 e. The van der Waals surface area contributed by atoms with Gasteiger partial charge in [0.1, 0.15) is 5.82 Å². The summed E-state index contributed by atoms with van der Waals surface area (Å²) in [7, 11) is 0. The third-order valence-electron chi connectivity index (χ3n) is 4.73. The molecular formula is C23H25N5O2. The van der Waals surface area contributed by atoms with Gasteiger partial charge in [-0.1, -0.05) is 55.5 Å². The van der Waals surface area contributed by atoms with Crippen molar-refractivity contribution in [2.45, 2.75) is 25.8 Å². The second-order valence-corrected chi connectivity index (χ2v) is 7.05. The first-order valence-electron chi connectivity index (χ1n) is 10.1. The maximum Gasteiger partial charge on any atom is 0.320 e. The minimum absolute atomic E-state index is 0.0294. The Bertz CT molecular complexity index is 1080. The van der Waals surface area contributed by atoms with Crippen molar-refractivity contribution in [1.29, 1.82) is 0 Å². The Kier molecular flexibility index (Phi) is 6.20. The van der Waals surface area contributed by atoms with Gasteiger partial charge in [-0.2, -0.15) is 15.1 Å². The molecule has 30 heavy (non-hydrogen) atoms. The van der Waals surface area contributed by atoms with Gasteiger partial charge in [0.05, 0.1) is 36.5 Å². The summed E-state index contributed by atoms with van der Waals surface area (Å²) in [4.78, 5) is 9.16. The van der Waals surface area contributed by atoms with E-state index in [0.29, 0.717) is 30.5 Å². The maximum absolute atomic E-state index is 9.96. The SMILES string of the molecule is CCCOc1nc(NC(CO)Cc2ccccc2)c2cnn(-c3ccccc3)c2n1. The van der Waals surface area contributed by atoms with Crippen LogP contribution in [0.2, 0.25) is 0 Å². The van der Waals surface area contributed by atoms with Crippen LogP contribution in [-0.2, 0) is 6.42 Å². The third kappa shape index (κ3) is 4.41. The molecule has 2 aromatic heterocycles. The van der Waals surface area contributed by atoms with Crippen molar-refractivity contribution >= 4 is 16.9 Å². The van der Waals surface area contributed by atoms with E-state index in [9.17, 15) is 5.11 Å². The van der Waals surface area contributed by atoms with Crippen LogP contribution in [0.4, 0.5) is 5.82 Å². The van der Waals surface area contributed by atoms with E-state index in [0.717, 1.165) is 23.1 Å². The number of aliphatic hydroxyl groups excluding tert-OH is 1. The van der Waals surface area contributed by atoms with Gasteiger partial charge in [-0.15, -0.1) is 0 Å². The highest BCUT2D eigenvalue weighted by atomic mass is 16.5. The standard InChI is InChI=1S/C23H25N5O2/c1-2-13-30-23-26-21(25-18(16-29)14-17-9-5-3-6-10-17)20-15-24-28(22(20)27-23)19-11-7-4-8-12-19/h3-12,15,18,29H,2,13-14,16H2,1H3,(H,25,26,27). The van der Waals surface area contributed by atoms with Gasteiger partial charge in [-0.3, -0.25) is 0 Å². The van der Waals surface area contributed by atoms with Crippen LogP contribution >= 0.6 is 0 Å². The number of nitrogens with one attached hydrogen (secondary N) is 1. The zero-order chi connectivity index (χ0) is 20.8. The number of anilines is 1. The number of nitrogens with zero attached hydrogens (tertiary/aromatic N) is 4. The first-order chi connectivity index (χ1) is 14.8. The van der Waals surface area contributed by atoms with Gasteiger partial charge in [-0.05, 0) is 30.5 Å². The number of benzene rings is 2. The Morgan fingerprint density at radius 2 is 1.77 bits per heavy atom. The molecule has 154 valence electrons. The molecule has 1 atom stereocenters. The van der Waals surface area contributed by atoms with E-state index in [-0.39, 0.29) is 12.6 Å². The highest BCUT2D eigenvalue weighted by molar-refractivity contribution is 5.87. The number of aliphatic hydroxyl groups is 1. The average molecular weight is 403 g/mol. The van der Waals surface area contributed by atoms with Gasteiger partial charge in [0.15, 0.2) is 5.65 Å². The van der Waals surface area contributed by atoms with E-state index in [2.05, 4.69) is 20.4 Å². The maximum atomic E-state index is 9.96. The second-order valence-electron chi connectivity index (χ2n) is 7.05. The van der Waals surface area contributed by atoms with Crippen LogP contribution in [0.1, 0.15) is 18.9 Å². The molecule has 0 saturated carbocycles.